The molecule has 38 heavy (non-hydrogen) atoms. The number of carbonyl (C=O) groups is 3. The van der Waals surface area contributed by atoms with Crippen LogP contribution in [0.5, 0.6) is 23.0 Å². The molecule has 0 unspecified atom stereocenters. The Bertz CT molecular complexity index is 1200. The Kier molecular flexibility index (Phi) is 10.9. The molecule has 0 spiro atoms. The summed E-state index contributed by atoms with van der Waals surface area (Å²) in [6, 6.07) is 19.5. The molecule has 8 heteroatoms. The Morgan fingerprint density at radius 2 is 1.05 bits per heavy atom. The van der Waals surface area contributed by atoms with Gasteiger partial charge >= 0.3 is 17.9 Å². The van der Waals surface area contributed by atoms with Gasteiger partial charge in [0.25, 0.3) is 0 Å². The van der Waals surface area contributed by atoms with Crippen molar-refractivity contribution in [3.63, 3.8) is 0 Å². The van der Waals surface area contributed by atoms with Crippen molar-refractivity contribution < 1.29 is 38.1 Å². The van der Waals surface area contributed by atoms with E-state index >= 15 is 0 Å². The summed E-state index contributed by atoms with van der Waals surface area (Å²) in [5.41, 5.74) is 0.751. The topological polar surface area (TPSA) is 97.4 Å². The Labute approximate surface area is 221 Å². The van der Waals surface area contributed by atoms with Crippen LogP contribution in [0.4, 0.5) is 0 Å². The van der Waals surface area contributed by atoms with Gasteiger partial charge in [-0.15, -0.1) is 0 Å². The first-order valence-corrected chi connectivity index (χ1v) is 12.3. The highest BCUT2D eigenvalue weighted by atomic mass is 16.5. The second kappa shape index (κ2) is 14.8. The van der Waals surface area contributed by atoms with Gasteiger partial charge in [-0.1, -0.05) is 13.5 Å². The third-order valence-electron chi connectivity index (χ3n) is 5.12. The molecule has 0 amide bonds. The number of ether oxygens (including phenoxy) is 5. The molecule has 0 saturated heterocycles. The minimum atomic E-state index is -0.532. The van der Waals surface area contributed by atoms with Crippen LogP contribution in [0, 0.1) is 0 Å². The lowest BCUT2D eigenvalue weighted by Gasteiger charge is -2.09. The summed E-state index contributed by atoms with van der Waals surface area (Å²) in [5.74, 6) is 0.455. The van der Waals surface area contributed by atoms with E-state index in [1.54, 1.807) is 72.8 Å². The van der Waals surface area contributed by atoms with Crippen LogP contribution >= 0.6 is 0 Å². The Morgan fingerprint density at radius 3 is 1.50 bits per heavy atom. The van der Waals surface area contributed by atoms with E-state index in [9.17, 15) is 14.4 Å². The van der Waals surface area contributed by atoms with Gasteiger partial charge in [0, 0.05) is 6.08 Å². The van der Waals surface area contributed by atoms with Crippen LogP contribution in [0.1, 0.15) is 46.9 Å². The first-order valence-electron chi connectivity index (χ1n) is 12.3. The second-order valence-corrected chi connectivity index (χ2v) is 8.07. The van der Waals surface area contributed by atoms with Crippen molar-refractivity contribution in [1.82, 2.24) is 0 Å². The molecule has 0 bridgehead atoms. The van der Waals surface area contributed by atoms with Crippen molar-refractivity contribution in [2.75, 3.05) is 19.8 Å². The van der Waals surface area contributed by atoms with Crippen LogP contribution in [-0.2, 0) is 9.53 Å². The summed E-state index contributed by atoms with van der Waals surface area (Å²) in [6.45, 7) is 6.73. The summed E-state index contributed by atoms with van der Waals surface area (Å²) in [4.78, 5) is 35.8. The zero-order valence-corrected chi connectivity index (χ0v) is 21.2. The number of carbonyl (C=O) groups excluding carboxylic acids is 3. The smallest absolute Gasteiger partial charge is 0.343 e. The van der Waals surface area contributed by atoms with E-state index in [2.05, 4.69) is 6.58 Å². The third kappa shape index (κ3) is 9.13. The van der Waals surface area contributed by atoms with Crippen LogP contribution < -0.4 is 18.9 Å². The van der Waals surface area contributed by atoms with Crippen LogP contribution in [0.15, 0.2) is 85.5 Å². The molecule has 0 aromatic heterocycles. The lowest BCUT2D eigenvalue weighted by molar-refractivity contribution is -0.137. The monoisotopic (exact) mass is 518 g/mol. The maximum Gasteiger partial charge on any atom is 0.343 e. The fraction of sp³-hybridized carbons (Fsp3) is 0.233. The molecule has 0 N–H and O–H groups in total. The van der Waals surface area contributed by atoms with Crippen LogP contribution in [0.2, 0.25) is 0 Å². The molecule has 0 aliphatic rings. The second-order valence-electron chi connectivity index (χ2n) is 8.07. The van der Waals surface area contributed by atoms with E-state index in [1.165, 1.54) is 0 Å². The molecular formula is C30H30O8. The van der Waals surface area contributed by atoms with E-state index in [-0.39, 0.29) is 0 Å². The van der Waals surface area contributed by atoms with E-state index < -0.39 is 17.9 Å². The first kappa shape index (κ1) is 28.0. The number of hydrogen-bond donors (Lipinski definition) is 0. The van der Waals surface area contributed by atoms with Gasteiger partial charge < -0.3 is 23.7 Å². The molecule has 198 valence electrons. The average molecular weight is 519 g/mol. The Hall–Kier alpha value is -4.59. The van der Waals surface area contributed by atoms with Crippen molar-refractivity contribution in [1.29, 1.82) is 0 Å². The molecule has 3 aromatic rings. The summed E-state index contributed by atoms with van der Waals surface area (Å²) < 4.78 is 26.8. The highest BCUT2D eigenvalue weighted by Crippen LogP contribution is 2.21. The van der Waals surface area contributed by atoms with Crippen molar-refractivity contribution >= 4 is 17.9 Å². The Balaban J connectivity index is 1.43. The van der Waals surface area contributed by atoms with Crippen molar-refractivity contribution in [2.45, 2.75) is 26.2 Å². The zero-order valence-electron chi connectivity index (χ0n) is 21.2. The van der Waals surface area contributed by atoms with Gasteiger partial charge in [-0.05, 0) is 92.1 Å². The number of rotatable bonds is 14. The van der Waals surface area contributed by atoms with Gasteiger partial charge in [0.2, 0.25) is 0 Å². The van der Waals surface area contributed by atoms with Crippen LogP contribution in [0.3, 0.4) is 0 Å². The summed E-state index contributed by atoms with van der Waals surface area (Å²) in [5, 5.41) is 0. The average Bonchev–Trinajstić information content (AvgIpc) is 2.95. The normalized spacial score (nSPS) is 10.2. The van der Waals surface area contributed by atoms with Gasteiger partial charge in [0.05, 0.1) is 30.9 Å². The molecular weight excluding hydrogens is 488 g/mol. The number of benzene rings is 3. The van der Waals surface area contributed by atoms with Gasteiger partial charge in [-0.3, -0.25) is 0 Å². The highest BCUT2D eigenvalue weighted by Gasteiger charge is 2.12. The molecule has 0 aliphatic heterocycles. The fourth-order valence-corrected chi connectivity index (χ4v) is 3.13. The zero-order chi connectivity index (χ0) is 27.2. The summed E-state index contributed by atoms with van der Waals surface area (Å²) in [6.07, 6.45) is 3.40. The number of unbranched alkanes of at least 4 members (excludes halogenated alkanes) is 1. The fourth-order valence-electron chi connectivity index (χ4n) is 3.13. The van der Waals surface area contributed by atoms with Crippen molar-refractivity contribution in [3.8, 4) is 23.0 Å². The maximum atomic E-state index is 12.5. The predicted octanol–water partition coefficient (Wildman–Crippen LogP) is 5.80. The predicted molar refractivity (Wildman–Crippen MR) is 141 cm³/mol. The molecule has 3 rings (SSSR count). The van der Waals surface area contributed by atoms with Gasteiger partial charge in [-0.25, -0.2) is 14.4 Å². The minimum absolute atomic E-state index is 0.310. The summed E-state index contributed by atoms with van der Waals surface area (Å²) in [7, 11) is 0. The van der Waals surface area contributed by atoms with Crippen LogP contribution in [0.25, 0.3) is 0 Å². The van der Waals surface area contributed by atoms with E-state index in [0.29, 0.717) is 66.8 Å². The number of hydrogen-bond acceptors (Lipinski definition) is 8. The summed E-state index contributed by atoms with van der Waals surface area (Å²) >= 11 is 0. The van der Waals surface area contributed by atoms with Crippen LogP contribution in [-0.4, -0.2) is 37.7 Å². The third-order valence-corrected chi connectivity index (χ3v) is 5.12. The molecule has 0 aliphatic carbocycles. The van der Waals surface area contributed by atoms with E-state index in [0.717, 1.165) is 12.5 Å². The van der Waals surface area contributed by atoms with E-state index in [1.807, 2.05) is 6.92 Å². The quantitative estimate of drug-likeness (QED) is 0.114. The molecule has 0 atom stereocenters. The van der Waals surface area contributed by atoms with Gasteiger partial charge in [-0.2, -0.15) is 0 Å². The largest absolute Gasteiger partial charge is 0.494 e. The first-order chi connectivity index (χ1) is 18.5. The molecule has 0 radical (unpaired) electrons. The molecule has 3 aromatic carbocycles. The highest BCUT2D eigenvalue weighted by molar-refractivity contribution is 5.92. The SMILES string of the molecule is C=CC(=O)OCCCCOc1ccc(C(=O)Oc2ccc(OC(=O)c3ccc(OCCC)cc3)cc2)cc1. The van der Waals surface area contributed by atoms with E-state index in [4.69, 9.17) is 23.7 Å². The molecule has 0 fully saturated rings. The lowest BCUT2D eigenvalue weighted by Crippen LogP contribution is -2.10. The molecule has 0 heterocycles. The Morgan fingerprint density at radius 1 is 0.632 bits per heavy atom. The number of esters is 3. The van der Waals surface area contributed by atoms with Gasteiger partial charge in [0.1, 0.15) is 23.0 Å². The molecule has 8 nitrogen and oxygen atoms in total. The minimum Gasteiger partial charge on any atom is -0.494 e. The van der Waals surface area contributed by atoms with Crippen molar-refractivity contribution in [3.05, 3.63) is 96.6 Å². The standard InChI is InChI=1S/C30H30O8/c1-3-19-34-24-11-7-22(8-12-24)29(32)37-26-15-17-27(18-16-26)38-30(33)23-9-13-25(14-10-23)35-20-5-6-21-36-28(31)4-2/h4,7-18H,2-3,5-6,19-21H2,1H3. The van der Waals surface area contributed by atoms with Gasteiger partial charge in [0.15, 0.2) is 0 Å². The maximum absolute atomic E-state index is 12.5. The van der Waals surface area contributed by atoms with Crippen molar-refractivity contribution in [2.24, 2.45) is 0 Å². The lowest BCUT2D eigenvalue weighted by atomic mass is 10.2. The molecule has 0 saturated carbocycles.